The van der Waals surface area contributed by atoms with Crippen LogP contribution in [0.5, 0.6) is 5.75 Å². The molecule has 1 saturated heterocycles. The van der Waals surface area contributed by atoms with Crippen molar-refractivity contribution in [3.63, 3.8) is 0 Å². The van der Waals surface area contributed by atoms with Crippen molar-refractivity contribution >= 4 is 11.8 Å². The van der Waals surface area contributed by atoms with Crippen molar-refractivity contribution in [3.8, 4) is 22.8 Å². The van der Waals surface area contributed by atoms with Crippen LogP contribution in [0.3, 0.4) is 0 Å². The van der Waals surface area contributed by atoms with Crippen molar-refractivity contribution < 1.29 is 9.47 Å². The maximum Gasteiger partial charge on any atom is 0.196 e. The van der Waals surface area contributed by atoms with E-state index in [1.54, 1.807) is 25.1 Å². The van der Waals surface area contributed by atoms with E-state index < -0.39 is 0 Å². The van der Waals surface area contributed by atoms with E-state index in [1.165, 1.54) is 0 Å². The highest BCUT2D eigenvalue weighted by atomic mass is 32.2. The predicted molar refractivity (Wildman–Crippen MR) is 109 cm³/mol. The monoisotopic (exact) mass is 397 g/mol. The van der Waals surface area contributed by atoms with Gasteiger partial charge in [-0.15, -0.1) is 10.2 Å². The van der Waals surface area contributed by atoms with Gasteiger partial charge in [0.15, 0.2) is 11.0 Å². The molecule has 1 aliphatic heterocycles. The summed E-state index contributed by atoms with van der Waals surface area (Å²) in [4.78, 5) is 6.65. The smallest absolute Gasteiger partial charge is 0.196 e. The van der Waals surface area contributed by atoms with Gasteiger partial charge in [-0.3, -0.25) is 14.5 Å². The maximum atomic E-state index is 5.42. The van der Waals surface area contributed by atoms with Crippen LogP contribution in [0.15, 0.2) is 53.9 Å². The van der Waals surface area contributed by atoms with E-state index in [-0.39, 0.29) is 0 Å². The second-order valence-corrected chi connectivity index (χ2v) is 7.45. The number of pyridine rings is 1. The van der Waals surface area contributed by atoms with Crippen molar-refractivity contribution in [2.24, 2.45) is 0 Å². The Bertz CT molecular complexity index is 879. The number of ether oxygens (including phenoxy) is 2. The van der Waals surface area contributed by atoms with Gasteiger partial charge in [-0.2, -0.15) is 0 Å². The van der Waals surface area contributed by atoms with Crippen molar-refractivity contribution in [3.05, 3.63) is 48.8 Å². The normalized spacial score (nSPS) is 14.9. The lowest BCUT2D eigenvalue weighted by atomic mass is 10.2. The molecule has 28 heavy (non-hydrogen) atoms. The minimum Gasteiger partial charge on any atom is -0.497 e. The molecule has 3 aromatic rings. The Balaban J connectivity index is 1.59. The molecule has 7 nitrogen and oxygen atoms in total. The molecule has 1 aromatic carbocycles. The van der Waals surface area contributed by atoms with E-state index in [2.05, 4.69) is 24.6 Å². The highest BCUT2D eigenvalue weighted by Gasteiger charge is 2.17. The van der Waals surface area contributed by atoms with Gasteiger partial charge >= 0.3 is 0 Å². The highest BCUT2D eigenvalue weighted by Crippen LogP contribution is 2.28. The molecule has 0 saturated carbocycles. The van der Waals surface area contributed by atoms with Gasteiger partial charge in [0.05, 0.1) is 20.3 Å². The van der Waals surface area contributed by atoms with Gasteiger partial charge in [0.2, 0.25) is 0 Å². The molecule has 1 aliphatic rings. The summed E-state index contributed by atoms with van der Waals surface area (Å²) in [5.74, 6) is 2.55. The largest absolute Gasteiger partial charge is 0.497 e. The maximum absolute atomic E-state index is 5.42. The number of morpholine rings is 1. The standard InChI is InChI=1S/C20H23N5O2S/c1-26-18-6-4-17(5-7-18)25-19(16-3-2-8-21-15-16)22-23-20(25)28-14-11-24-9-12-27-13-10-24/h2-8,15H,9-14H2,1H3. The molecule has 0 aliphatic carbocycles. The Kier molecular flexibility index (Phi) is 6.20. The molecular weight excluding hydrogens is 374 g/mol. The van der Waals surface area contributed by atoms with Gasteiger partial charge in [-0.25, -0.2) is 0 Å². The first kappa shape index (κ1) is 18.9. The summed E-state index contributed by atoms with van der Waals surface area (Å²) in [6, 6.07) is 11.9. The molecular formula is C20H23N5O2S. The Morgan fingerprint density at radius 1 is 1.11 bits per heavy atom. The van der Waals surface area contributed by atoms with Gasteiger partial charge in [0, 0.05) is 49.0 Å². The molecule has 0 N–H and O–H groups in total. The Morgan fingerprint density at radius 2 is 1.93 bits per heavy atom. The van der Waals surface area contributed by atoms with Gasteiger partial charge in [0.1, 0.15) is 5.75 Å². The molecule has 0 amide bonds. The number of rotatable bonds is 7. The third-order valence-corrected chi connectivity index (χ3v) is 5.54. The fraction of sp³-hybridized carbons (Fsp3) is 0.350. The number of aromatic nitrogens is 4. The Hall–Kier alpha value is -2.42. The van der Waals surface area contributed by atoms with Gasteiger partial charge in [-0.05, 0) is 36.4 Å². The average molecular weight is 398 g/mol. The van der Waals surface area contributed by atoms with E-state index in [1.807, 2.05) is 42.6 Å². The minimum absolute atomic E-state index is 0.784. The number of hydrogen-bond acceptors (Lipinski definition) is 7. The van der Waals surface area contributed by atoms with Crippen LogP contribution in [0, 0.1) is 0 Å². The van der Waals surface area contributed by atoms with E-state index in [9.17, 15) is 0 Å². The lowest BCUT2D eigenvalue weighted by Gasteiger charge is -2.26. The van der Waals surface area contributed by atoms with Crippen LogP contribution >= 0.6 is 11.8 Å². The number of benzene rings is 1. The van der Waals surface area contributed by atoms with Crippen molar-refractivity contribution in [2.45, 2.75) is 5.16 Å². The molecule has 8 heteroatoms. The molecule has 2 aromatic heterocycles. The van der Waals surface area contributed by atoms with Crippen LogP contribution in [0.25, 0.3) is 17.1 Å². The molecule has 0 unspecified atom stereocenters. The van der Waals surface area contributed by atoms with Gasteiger partial charge in [-0.1, -0.05) is 11.8 Å². The molecule has 4 rings (SSSR count). The van der Waals surface area contributed by atoms with Crippen LogP contribution in [-0.4, -0.2) is 70.4 Å². The first-order valence-electron chi connectivity index (χ1n) is 9.28. The van der Waals surface area contributed by atoms with Gasteiger partial charge < -0.3 is 9.47 Å². The number of thioether (sulfide) groups is 1. The third-order valence-electron chi connectivity index (χ3n) is 4.63. The van der Waals surface area contributed by atoms with Crippen molar-refractivity contribution in [2.75, 3.05) is 45.7 Å². The summed E-state index contributed by atoms with van der Waals surface area (Å²) in [5, 5.41) is 9.80. The van der Waals surface area contributed by atoms with E-state index >= 15 is 0 Å². The Morgan fingerprint density at radius 3 is 2.64 bits per heavy atom. The summed E-state index contributed by atoms with van der Waals surface area (Å²) in [5.41, 5.74) is 1.93. The van der Waals surface area contributed by atoms with Crippen molar-refractivity contribution in [1.82, 2.24) is 24.6 Å². The predicted octanol–water partition coefficient (Wildman–Crippen LogP) is 2.76. The molecule has 0 atom stereocenters. The fourth-order valence-electron chi connectivity index (χ4n) is 3.10. The number of nitrogens with zero attached hydrogens (tertiary/aromatic N) is 5. The number of hydrogen-bond donors (Lipinski definition) is 0. The zero-order valence-electron chi connectivity index (χ0n) is 15.8. The molecule has 0 spiro atoms. The lowest BCUT2D eigenvalue weighted by molar-refractivity contribution is 0.0410. The van der Waals surface area contributed by atoms with Crippen LogP contribution in [-0.2, 0) is 4.74 Å². The summed E-state index contributed by atoms with van der Waals surface area (Å²) in [6.07, 6.45) is 3.57. The second kappa shape index (κ2) is 9.18. The molecule has 0 bridgehead atoms. The molecule has 1 fully saturated rings. The SMILES string of the molecule is COc1ccc(-n2c(SCCN3CCOCC3)nnc2-c2cccnc2)cc1. The first-order valence-corrected chi connectivity index (χ1v) is 10.3. The lowest BCUT2D eigenvalue weighted by Crippen LogP contribution is -2.37. The van der Waals surface area contributed by atoms with Crippen LogP contribution in [0.2, 0.25) is 0 Å². The van der Waals surface area contributed by atoms with Crippen LogP contribution in [0.1, 0.15) is 0 Å². The fourth-order valence-corrected chi connectivity index (χ4v) is 4.05. The zero-order chi connectivity index (χ0) is 19.2. The van der Waals surface area contributed by atoms with E-state index in [4.69, 9.17) is 9.47 Å². The van der Waals surface area contributed by atoms with Crippen LogP contribution in [0.4, 0.5) is 0 Å². The zero-order valence-corrected chi connectivity index (χ0v) is 16.6. The summed E-state index contributed by atoms with van der Waals surface area (Å²) in [6.45, 7) is 4.63. The second-order valence-electron chi connectivity index (χ2n) is 6.38. The summed E-state index contributed by atoms with van der Waals surface area (Å²) >= 11 is 1.72. The summed E-state index contributed by atoms with van der Waals surface area (Å²) < 4.78 is 12.8. The minimum atomic E-state index is 0.784. The highest BCUT2D eigenvalue weighted by molar-refractivity contribution is 7.99. The van der Waals surface area contributed by atoms with E-state index in [0.29, 0.717) is 0 Å². The quantitative estimate of drug-likeness (QED) is 0.568. The molecule has 3 heterocycles. The van der Waals surface area contributed by atoms with E-state index in [0.717, 1.165) is 66.6 Å². The third kappa shape index (κ3) is 4.35. The summed E-state index contributed by atoms with van der Waals surface area (Å²) in [7, 11) is 1.67. The Labute approximate surface area is 168 Å². The molecule has 146 valence electrons. The average Bonchev–Trinajstić information content (AvgIpc) is 3.19. The first-order chi connectivity index (χ1) is 13.8. The van der Waals surface area contributed by atoms with Gasteiger partial charge in [0.25, 0.3) is 0 Å². The van der Waals surface area contributed by atoms with Crippen molar-refractivity contribution in [1.29, 1.82) is 0 Å². The topological polar surface area (TPSA) is 65.3 Å². The number of methoxy groups -OCH3 is 1. The van der Waals surface area contributed by atoms with Crippen LogP contribution < -0.4 is 4.74 Å². The molecule has 0 radical (unpaired) electrons.